The number of ether oxygens (including phenoxy) is 1. The zero-order valence-electron chi connectivity index (χ0n) is 14.5. The molecular weight excluding hydrogens is 391 g/mol. The third-order valence-electron chi connectivity index (χ3n) is 3.11. The van der Waals surface area contributed by atoms with Crippen LogP contribution >= 0.6 is 0 Å². The normalized spacial score (nSPS) is 14.2. The molecule has 0 amide bonds. The van der Waals surface area contributed by atoms with E-state index in [1.807, 2.05) is 0 Å². The minimum Gasteiger partial charge on any atom is -0.591 e. The highest BCUT2D eigenvalue weighted by Gasteiger charge is 2.33. The van der Waals surface area contributed by atoms with Crippen LogP contribution in [0.5, 0.6) is 5.75 Å². The van der Waals surface area contributed by atoms with Crippen molar-refractivity contribution in [2.75, 3.05) is 0 Å². The van der Waals surface area contributed by atoms with Crippen LogP contribution in [0.25, 0.3) is 0 Å². The molecule has 0 aliphatic heterocycles. The maximum absolute atomic E-state index is 14.2. The van der Waals surface area contributed by atoms with Gasteiger partial charge in [-0.1, -0.05) is 4.40 Å². The average molecular weight is 406 g/mol. The van der Waals surface area contributed by atoms with E-state index in [1.54, 1.807) is 20.8 Å². The molecule has 146 valence electrons. The number of halogens is 5. The minimum absolute atomic E-state index is 0.0998. The summed E-state index contributed by atoms with van der Waals surface area (Å²) in [6.45, 7) is 4.87. The van der Waals surface area contributed by atoms with Crippen LogP contribution in [0.3, 0.4) is 0 Å². The standard InChI is InChI=1S/C17H15F5N2O2S/c1-16(2,3)27(25)24-14(15-11(18)5-4-8-23-15)10-6-7-13(12(19)9-10)26-17(20,21)22/h4-9H,1-3H3/b24-14-. The molecule has 27 heavy (non-hydrogen) atoms. The second-order valence-electron chi connectivity index (χ2n) is 6.33. The number of hydrogen-bond acceptors (Lipinski definition) is 4. The van der Waals surface area contributed by atoms with Gasteiger partial charge in [0.2, 0.25) is 0 Å². The van der Waals surface area contributed by atoms with Crippen molar-refractivity contribution in [3.8, 4) is 5.75 Å². The second-order valence-corrected chi connectivity index (χ2v) is 8.23. The molecular formula is C17H15F5N2O2S. The SMILES string of the molecule is CC(C)(C)[S+]([O-])/N=C(/c1ccc(OC(F)(F)F)c(F)c1)c1ncccc1F. The highest BCUT2D eigenvalue weighted by molar-refractivity contribution is 7.91. The molecule has 1 heterocycles. The molecule has 0 fully saturated rings. The number of benzene rings is 1. The summed E-state index contributed by atoms with van der Waals surface area (Å²) >= 11 is -1.86. The van der Waals surface area contributed by atoms with Gasteiger partial charge in [0.1, 0.15) is 27.5 Å². The summed E-state index contributed by atoms with van der Waals surface area (Å²) in [7, 11) is 0. The molecule has 0 saturated heterocycles. The molecule has 1 atom stereocenters. The number of nitrogens with zero attached hydrogens (tertiary/aromatic N) is 2. The van der Waals surface area contributed by atoms with E-state index in [0.717, 1.165) is 18.2 Å². The highest BCUT2D eigenvalue weighted by atomic mass is 32.2. The summed E-state index contributed by atoms with van der Waals surface area (Å²) in [5.41, 5.74) is -0.657. The molecule has 0 radical (unpaired) electrons. The third-order valence-corrected chi connectivity index (χ3v) is 4.51. The molecule has 0 spiro atoms. The monoisotopic (exact) mass is 406 g/mol. The Hall–Kier alpha value is -2.20. The first-order valence-electron chi connectivity index (χ1n) is 7.56. The van der Waals surface area contributed by atoms with E-state index in [2.05, 4.69) is 14.1 Å². The van der Waals surface area contributed by atoms with Crippen molar-refractivity contribution in [1.29, 1.82) is 0 Å². The van der Waals surface area contributed by atoms with Gasteiger partial charge in [0, 0.05) is 11.8 Å². The Labute approximate surface area is 155 Å². The smallest absolute Gasteiger partial charge is 0.573 e. The highest BCUT2D eigenvalue weighted by Crippen LogP contribution is 2.28. The number of alkyl halides is 3. The summed E-state index contributed by atoms with van der Waals surface area (Å²) in [4.78, 5) is 3.83. The van der Waals surface area contributed by atoms with Crippen molar-refractivity contribution in [3.05, 3.63) is 59.4 Å². The molecule has 2 aromatic rings. The van der Waals surface area contributed by atoms with E-state index in [9.17, 15) is 26.5 Å². The summed E-state index contributed by atoms with van der Waals surface area (Å²) in [6, 6.07) is 4.87. The van der Waals surface area contributed by atoms with Gasteiger partial charge in [-0.25, -0.2) is 8.78 Å². The number of aromatic nitrogens is 1. The Bertz CT molecular complexity index is 850. The van der Waals surface area contributed by atoms with Crippen LogP contribution in [0.4, 0.5) is 22.0 Å². The molecule has 0 aliphatic carbocycles. The van der Waals surface area contributed by atoms with Crippen LogP contribution in [-0.4, -0.2) is 26.4 Å². The molecule has 1 aromatic heterocycles. The van der Waals surface area contributed by atoms with Crippen LogP contribution in [0, 0.1) is 11.6 Å². The minimum atomic E-state index is -5.07. The summed E-state index contributed by atoms with van der Waals surface area (Å²) in [5.74, 6) is -3.20. The quantitative estimate of drug-likeness (QED) is 0.425. The van der Waals surface area contributed by atoms with Crippen molar-refractivity contribution in [3.63, 3.8) is 0 Å². The molecule has 0 aliphatic rings. The van der Waals surface area contributed by atoms with Gasteiger partial charge in [0.25, 0.3) is 0 Å². The fraction of sp³-hybridized carbons (Fsp3) is 0.294. The van der Waals surface area contributed by atoms with E-state index < -0.39 is 39.9 Å². The molecule has 4 nitrogen and oxygen atoms in total. The summed E-state index contributed by atoms with van der Waals surface area (Å²) < 4.78 is 84.2. The van der Waals surface area contributed by atoms with Crippen LogP contribution < -0.4 is 4.74 Å². The van der Waals surface area contributed by atoms with Crippen molar-refractivity contribution >= 4 is 17.1 Å². The van der Waals surface area contributed by atoms with Crippen molar-refractivity contribution in [2.45, 2.75) is 31.9 Å². The van der Waals surface area contributed by atoms with E-state index in [1.165, 1.54) is 12.3 Å². The Morgan fingerprint density at radius 2 is 1.78 bits per heavy atom. The largest absolute Gasteiger partial charge is 0.591 e. The molecule has 0 saturated carbocycles. The topological polar surface area (TPSA) is 57.5 Å². The molecule has 2 rings (SSSR count). The van der Waals surface area contributed by atoms with Crippen LogP contribution in [-0.2, 0) is 11.4 Å². The first kappa shape index (κ1) is 21.1. The van der Waals surface area contributed by atoms with Crippen LogP contribution in [0.1, 0.15) is 32.0 Å². The van der Waals surface area contributed by atoms with E-state index in [0.29, 0.717) is 6.07 Å². The van der Waals surface area contributed by atoms with Crippen LogP contribution in [0.2, 0.25) is 0 Å². The Morgan fingerprint density at radius 3 is 2.30 bits per heavy atom. The predicted octanol–water partition coefficient (Wildman–Crippen LogP) is 4.56. The number of hydrogen-bond donors (Lipinski definition) is 0. The lowest BCUT2D eigenvalue weighted by Crippen LogP contribution is -2.27. The Morgan fingerprint density at radius 1 is 1.11 bits per heavy atom. The van der Waals surface area contributed by atoms with Crippen LogP contribution in [0.15, 0.2) is 40.9 Å². The number of rotatable bonds is 4. The second kappa shape index (κ2) is 7.81. The van der Waals surface area contributed by atoms with Crippen molar-refractivity contribution in [2.24, 2.45) is 4.40 Å². The maximum Gasteiger partial charge on any atom is 0.573 e. The third kappa shape index (κ3) is 5.64. The van der Waals surface area contributed by atoms with Gasteiger partial charge in [-0.15, -0.1) is 13.2 Å². The lowest BCUT2D eigenvalue weighted by molar-refractivity contribution is -0.275. The molecule has 0 N–H and O–H groups in total. The Balaban J connectivity index is 2.57. The first-order valence-corrected chi connectivity index (χ1v) is 8.66. The van der Waals surface area contributed by atoms with Crippen molar-refractivity contribution in [1.82, 2.24) is 4.98 Å². The Kier molecular flexibility index (Phi) is 6.10. The molecule has 10 heteroatoms. The molecule has 0 bridgehead atoms. The molecule has 1 unspecified atom stereocenters. The van der Waals surface area contributed by atoms with Gasteiger partial charge in [-0.2, -0.15) is 0 Å². The van der Waals surface area contributed by atoms with Gasteiger partial charge in [0.15, 0.2) is 17.4 Å². The summed E-state index contributed by atoms with van der Waals surface area (Å²) in [6.07, 6.45) is -3.81. The fourth-order valence-electron chi connectivity index (χ4n) is 1.87. The fourth-order valence-corrected chi connectivity index (χ4v) is 2.50. The predicted molar refractivity (Wildman–Crippen MR) is 90.8 cm³/mol. The van der Waals surface area contributed by atoms with E-state index >= 15 is 0 Å². The van der Waals surface area contributed by atoms with Gasteiger partial charge >= 0.3 is 6.36 Å². The van der Waals surface area contributed by atoms with Crippen molar-refractivity contribution < 1.29 is 31.2 Å². The van der Waals surface area contributed by atoms with Gasteiger partial charge < -0.3 is 9.29 Å². The van der Waals surface area contributed by atoms with E-state index in [4.69, 9.17) is 0 Å². The maximum atomic E-state index is 14.2. The van der Waals surface area contributed by atoms with Gasteiger partial charge in [-0.3, -0.25) is 4.98 Å². The van der Waals surface area contributed by atoms with Gasteiger partial charge in [-0.05, 0) is 51.1 Å². The molecule has 1 aromatic carbocycles. The lowest BCUT2D eigenvalue weighted by atomic mass is 10.1. The van der Waals surface area contributed by atoms with Gasteiger partial charge in [0.05, 0.1) is 0 Å². The van der Waals surface area contributed by atoms with E-state index in [-0.39, 0.29) is 17.0 Å². The average Bonchev–Trinajstić information content (AvgIpc) is 2.53. The first-order chi connectivity index (χ1) is 12.4. The number of pyridine rings is 1. The lowest BCUT2D eigenvalue weighted by Gasteiger charge is -2.19. The zero-order chi connectivity index (χ0) is 20.4. The zero-order valence-corrected chi connectivity index (χ0v) is 15.3. The summed E-state index contributed by atoms with van der Waals surface area (Å²) in [5, 5.41) is 0.